The summed E-state index contributed by atoms with van der Waals surface area (Å²) in [5.74, 6) is -0.732. The van der Waals surface area contributed by atoms with Gasteiger partial charge in [0, 0.05) is 12.1 Å². The molecular formula is C11H14NO2. The second-order valence-electron chi connectivity index (χ2n) is 3.79. The highest BCUT2D eigenvalue weighted by molar-refractivity contribution is 5.67. The quantitative estimate of drug-likeness (QED) is 0.766. The number of nitrogens with one attached hydrogen (secondary N) is 1. The van der Waals surface area contributed by atoms with Gasteiger partial charge in [-0.2, -0.15) is 0 Å². The average molecular weight is 192 g/mol. The molecule has 14 heavy (non-hydrogen) atoms. The Balaban J connectivity index is 2.10. The molecule has 3 heteroatoms. The summed E-state index contributed by atoms with van der Waals surface area (Å²) in [6.45, 7) is 0. The summed E-state index contributed by atoms with van der Waals surface area (Å²) in [7, 11) is 0. The van der Waals surface area contributed by atoms with Gasteiger partial charge in [0.1, 0.15) is 0 Å². The summed E-state index contributed by atoms with van der Waals surface area (Å²) >= 11 is 0. The summed E-state index contributed by atoms with van der Waals surface area (Å²) in [5, 5.41) is 8.59. The lowest BCUT2D eigenvalue weighted by atomic mass is 9.94. The van der Waals surface area contributed by atoms with Crippen LogP contribution in [0.3, 0.4) is 0 Å². The molecule has 0 fully saturated rings. The summed E-state index contributed by atoms with van der Waals surface area (Å²) in [4.78, 5) is 13.6. The number of fused-ring (bicyclic) bond motifs is 1. The van der Waals surface area contributed by atoms with Gasteiger partial charge in [0.15, 0.2) is 0 Å². The Morgan fingerprint density at radius 1 is 1.43 bits per heavy atom. The van der Waals surface area contributed by atoms with E-state index >= 15 is 0 Å². The Kier molecular flexibility index (Phi) is 2.57. The molecule has 0 saturated carbocycles. The summed E-state index contributed by atoms with van der Waals surface area (Å²) in [6.07, 6.45) is 8.55. The molecule has 0 unspecified atom stereocenters. The number of hydrogen-bond acceptors (Lipinski definition) is 1. The minimum Gasteiger partial charge on any atom is -0.481 e. The largest absolute Gasteiger partial charge is 0.481 e. The van der Waals surface area contributed by atoms with Crippen molar-refractivity contribution in [3.05, 3.63) is 23.0 Å². The van der Waals surface area contributed by atoms with Gasteiger partial charge in [0.25, 0.3) is 0 Å². The van der Waals surface area contributed by atoms with E-state index in [1.54, 1.807) is 0 Å². The number of hydrogen-bond donors (Lipinski definition) is 2. The third kappa shape index (κ3) is 1.81. The van der Waals surface area contributed by atoms with Crippen molar-refractivity contribution in [3.63, 3.8) is 0 Å². The average Bonchev–Trinajstić information content (AvgIpc) is 2.58. The lowest BCUT2D eigenvalue weighted by Crippen LogP contribution is -2.04. The SMILES string of the molecule is O=C(O)CCc1[c][nH]c2c1CCCC2. The molecule has 0 aromatic carbocycles. The number of aromatic nitrogens is 1. The normalized spacial score (nSPS) is 15.1. The Bertz CT molecular complexity index is 341. The summed E-state index contributed by atoms with van der Waals surface area (Å²) in [5.41, 5.74) is 3.69. The molecule has 1 radical (unpaired) electrons. The van der Waals surface area contributed by atoms with Gasteiger partial charge < -0.3 is 10.1 Å². The van der Waals surface area contributed by atoms with Gasteiger partial charge in [0.05, 0.1) is 6.20 Å². The van der Waals surface area contributed by atoms with Gasteiger partial charge in [0.2, 0.25) is 0 Å². The maximum absolute atomic E-state index is 10.4. The van der Waals surface area contributed by atoms with Crippen LogP contribution in [0, 0.1) is 6.20 Å². The van der Waals surface area contributed by atoms with E-state index in [1.807, 2.05) is 0 Å². The molecule has 1 heterocycles. The van der Waals surface area contributed by atoms with E-state index in [0.717, 1.165) is 18.4 Å². The zero-order chi connectivity index (χ0) is 9.97. The molecule has 0 bridgehead atoms. The van der Waals surface area contributed by atoms with Crippen molar-refractivity contribution in [3.8, 4) is 0 Å². The van der Waals surface area contributed by atoms with E-state index in [2.05, 4.69) is 11.2 Å². The topological polar surface area (TPSA) is 53.1 Å². The predicted octanol–water partition coefficient (Wildman–Crippen LogP) is 1.71. The van der Waals surface area contributed by atoms with Crippen molar-refractivity contribution in [2.75, 3.05) is 0 Å². The minimum absolute atomic E-state index is 0.209. The van der Waals surface area contributed by atoms with E-state index < -0.39 is 5.97 Å². The van der Waals surface area contributed by atoms with E-state index in [4.69, 9.17) is 5.11 Å². The van der Waals surface area contributed by atoms with Crippen LogP contribution in [0.5, 0.6) is 0 Å². The fourth-order valence-electron chi connectivity index (χ4n) is 2.05. The number of rotatable bonds is 3. The predicted molar refractivity (Wildman–Crippen MR) is 52.2 cm³/mol. The Labute approximate surface area is 83.1 Å². The van der Waals surface area contributed by atoms with Crippen molar-refractivity contribution in [1.82, 2.24) is 4.98 Å². The van der Waals surface area contributed by atoms with E-state index in [1.165, 1.54) is 24.1 Å². The molecule has 3 nitrogen and oxygen atoms in total. The van der Waals surface area contributed by atoms with Crippen LogP contribution in [0.4, 0.5) is 0 Å². The summed E-state index contributed by atoms with van der Waals surface area (Å²) < 4.78 is 0. The zero-order valence-electron chi connectivity index (χ0n) is 8.10. The molecule has 0 amide bonds. The van der Waals surface area contributed by atoms with Crippen LogP contribution in [0.15, 0.2) is 0 Å². The van der Waals surface area contributed by atoms with Crippen molar-refractivity contribution in [1.29, 1.82) is 0 Å². The molecule has 0 spiro atoms. The molecule has 1 aliphatic rings. The van der Waals surface area contributed by atoms with Gasteiger partial charge in [-0.3, -0.25) is 4.79 Å². The Morgan fingerprint density at radius 2 is 2.21 bits per heavy atom. The second kappa shape index (κ2) is 3.86. The zero-order valence-corrected chi connectivity index (χ0v) is 8.10. The molecule has 2 rings (SSSR count). The molecule has 0 saturated heterocycles. The van der Waals surface area contributed by atoms with Crippen LogP contribution in [-0.2, 0) is 24.1 Å². The Morgan fingerprint density at radius 3 is 3.00 bits per heavy atom. The van der Waals surface area contributed by atoms with E-state index in [9.17, 15) is 4.79 Å². The first kappa shape index (κ1) is 9.31. The van der Waals surface area contributed by atoms with Crippen molar-refractivity contribution in [2.45, 2.75) is 38.5 Å². The van der Waals surface area contributed by atoms with Crippen molar-refractivity contribution < 1.29 is 9.90 Å². The van der Waals surface area contributed by atoms with Gasteiger partial charge in [-0.1, -0.05) is 0 Å². The number of carboxylic acids is 1. The smallest absolute Gasteiger partial charge is 0.303 e. The van der Waals surface area contributed by atoms with Crippen LogP contribution < -0.4 is 0 Å². The monoisotopic (exact) mass is 192 g/mol. The number of aliphatic carboxylic acids is 1. The molecule has 0 atom stereocenters. The number of carboxylic acid groups (broad SMARTS) is 1. The second-order valence-corrected chi connectivity index (χ2v) is 3.79. The van der Waals surface area contributed by atoms with Gasteiger partial charge in [-0.15, -0.1) is 0 Å². The lowest BCUT2D eigenvalue weighted by Gasteiger charge is -2.12. The fourth-order valence-corrected chi connectivity index (χ4v) is 2.05. The first-order valence-electron chi connectivity index (χ1n) is 5.09. The van der Waals surface area contributed by atoms with Crippen LogP contribution in [0.2, 0.25) is 0 Å². The molecular weight excluding hydrogens is 178 g/mol. The first-order valence-corrected chi connectivity index (χ1v) is 5.09. The maximum Gasteiger partial charge on any atom is 0.303 e. The standard InChI is InChI=1S/C11H14NO2/c13-11(14)6-5-8-7-12-10-4-2-1-3-9(8)10/h12H,1-6H2,(H,13,14). The van der Waals surface area contributed by atoms with Gasteiger partial charge in [-0.05, 0) is 43.2 Å². The summed E-state index contributed by atoms with van der Waals surface area (Å²) in [6, 6.07) is 0. The molecule has 1 aromatic rings. The Hall–Kier alpha value is -1.25. The molecule has 0 aliphatic heterocycles. The maximum atomic E-state index is 10.4. The third-order valence-corrected chi connectivity index (χ3v) is 2.79. The van der Waals surface area contributed by atoms with Crippen molar-refractivity contribution >= 4 is 5.97 Å². The molecule has 2 N–H and O–H groups in total. The minimum atomic E-state index is -0.732. The molecule has 1 aromatic heterocycles. The molecule has 1 aliphatic carbocycles. The fraction of sp³-hybridized carbons (Fsp3) is 0.545. The van der Waals surface area contributed by atoms with E-state index in [0.29, 0.717) is 6.42 Å². The molecule has 75 valence electrons. The van der Waals surface area contributed by atoms with Crippen LogP contribution in [-0.4, -0.2) is 16.1 Å². The highest BCUT2D eigenvalue weighted by Crippen LogP contribution is 2.24. The van der Waals surface area contributed by atoms with Gasteiger partial charge >= 0.3 is 5.97 Å². The van der Waals surface area contributed by atoms with Crippen LogP contribution >= 0.6 is 0 Å². The van der Waals surface area contributed by atoms with Crippen molar-refractivity contribution in [2.24, 2.45) is 0 Å². The number of carbonyl (C=O) groups is 1. The number of aromatic amines is 1. The number of aryl methyl sites for hydroxylation is 2. The van der Waals surface area contributed by atoms with Crippen LogP contribution in [0.25, 0.3) is 0 Å². The lowest BCUT2D eigenvalue weighted by molar-refractivity contribution is -0.136. The van der Waals surface area contributed by atoms with E-state index in [-0.39, 0.29) is 6.42 Å². The third-order valence-electron chi connectivity index (χ3n) is 2.79. The van der Waals surface area contributed by atoms with Crippen LogP contribution in [0.1, 0.15) is 36.1 Å². The first-order chi connectivity index (χ1) is 6.77. The highest BCUT2D eigenvalue weighted by Gasteiger charge is 2.15. The number of H-pyrrole nitrogens is 1. The van der Waals surface area contributed by atoms with Gasteiger partial charge in [-0.25, -0.2) is 0 Å². The highest BCUT2D eigenvalue weighted by atomic mass is 16.4.